The average molecular weight is 482 g/mol. The number of rotatable bonds is 15. The highest BCUT2D eigenvalue weighted by Crippen LogP contribution is 2.34. The zero-order valence-electron chi connectivity index (χ0n) is 20.1. The van der Waals surface area contributed by atoms with Crippen molar-refractivity contribution >= 4 is 11.9 Å². The molecule has 0 spiro atoms. The number of nitrogens with zero attached hydrogens (tertiary/aromatic N) is 1. The van der Waals surface area contributed by atoms with E-state index in [1.807, 2.05) is 31.2 Å². The highest BCUT2D eigenvalue weighted by atomic mass is 19.3. The molecular weight excluding hydrogens is 444 g/mol. The normalized spacial score (nSPS) is 19.5. The lowest BCUT2D eigenvalue weighted by atomic mass is 9.95. The number of unbranched alkanes of at least 4 members (excludes halogenated alkanes) is 3. The topological polar surface area (TPSA) is 87.1 Å². The fourth-order valence-corrected chi connectivity index (χ4v) is 4.23. The van der Waals surface area contributed by atoms with Crippen LogP contribution in [0.15, 0.2) is 36.4 Å². The van der Waals surface area contributed by atoms with Crippen LogP contribution in [-0.2, 0) is 16.0 Å². The third-order valence-corrected chi connectivity index (χ3v) is 6.35. The number of benzene rings is 1. The molecule has 1 aliphatic rings. The molecule has 1 amide bonds. The zero-order chi connectivity index (χ0) is 25.1. The number of aliphatic hydroxyl groups excluding tert-OH is 1. The number of carboxylic acid groups (broad SMARTS) is 1. The molecule has 0 aromatic heterocycles. The SMILES string of the molecule is COc1cccc(CCC[C@H](C)[C@H](O)C=CC2CC(F)(F)C(=O)N2CCCCCCC(=O)O)c1. The number of aryl methyl sites for hydroxylation is 1. The Kier molecular flexibility index (Phi) is 11.0. The zero-order valence-corrected chi connectivity index (χ0v) is 20.1. The predicted molar refractivity (Wildman–Crippen MR) is 126 cm³/mol. The monoisotopic (exact) mass is 481 g/mol. The minimum Gasteiger partial charge on any atom is -0.497 e. The van der Waals surface area contributed by atoms with Crippen LogP contribution < -0.4 is 4.74 Å². The van der Waals surface area contributed by atoms with Gasteiger partial charge in [-0.25, -0.2) is 0 Å². The van der Waals surface area contributed by atoms with E-state index in [1.54, 1.807) is 7.11 Å². The maximum atomic E-state index is 14.1. The van der Waals surface area contributed by atoms with Gasteiger partial charge in [0.2, 0.25) is 0 Å². The van der Waals surface area contributed by atoms with E-state index in [4.69, 9.17) is 9.84 Å². The molecule has 0 aliphatic carbocycles. The Bertz CT molecular complexity index is 829. The summed E-state index contributed by atoms with van der Waals surface area (Å²) in [7, 11) is 1.63. The summed E-state index contributed by atoms with van der Waals surface area (Å²) in [5, 5.41) is 19.2. The lowest BCUT2D eigenvalue weighted by Gasteiger charge is -2.22. The van der Waals surface area contributed by atoms with E-state index < -0.39 is 36.4 Å². The van der Waals surface area contributed by atoms with E-state index >= 15 is 0 Å². The van der Waals surface area contributed by atoms with Crippen LogP contribution >= 0.6 is 0 Å². The van der Waals surface area contributed by atoms with Crippen molar-refractivity contribution in [3.63, 3.8) is 0 Å². The molecular formula is C26H37F2NO5. The molecule has 1 saturated heterocycles. The Balaban J connectivity index is 1.82. The number of carboxylic acids is 1. The molecule has 1 aliphatic heterocycles. The lowest BCUT2D eigenvalue weighted by Crippen LogP contribution is -2.36. The van der Waals surface area contributed by atoms with Gasteiger partial charge in [-0.2, -0.15) is 8.78 Å². The van der Waals surface area contributed by atoms with Crippen molar-refractivity contribution in [1.29, 1.82) is 0 Å². The quantitative estimate of drug-likeness (QED) is 0.276. The molecule has 0 saturated carbocycles. The molecule has 1 unspecified atom stereocenters. The summed E-state index contributed by atoms with van der Waals surface area (Å²) in [6.45, 7) is 2.12. The summed E-state index contributed by atoms with van der Waals surface area (Å²) >= 11 is 0. The smallest absolute Gasteiger partial charge is 0.327 e. The second-order valence-electron chi connectivity index (χ2n) is 9.13. The maximum absolute atomic E-state index is 14.1. The van der Waals surface area contributed by atoms with Gasteiger partial charge < -0.3 is 19.8 Å². The van der Waals surface area contributed by atoms with Crippen molar-refractivity contribution in [2.24, 2.45) is 5.92 Å². The van der Waals surface area contributed by atoms with Crippen LogP contribution in [0.25, 0.3) is 0 Å². The molecule has 1 heterocycles. The summed E-state index contributed by atoms with van der Waals surface area (Å²) in [6.07, 6.45) is 6.69. The Labute approximate surface area is 200 Å². The van der Waals surface area contributed by atoms with Gasteiger partial charge in [0, 0.05) is 19.4 Å². The number of halogens is 2. The fraction of sp³-hybridized carbons (Fsp3) is 0.615. The van der Waals surface area contributed by atoms with E-state index in [9.17, 15) is 23.5 Å². The molecule has 3 atom stereocenters. The van der Waals surface area contributed by atoms with Crippen LogP contribution in [0.2, 0.25) is 0 Å². The molecule has 2 N–H and O–H groups in total. The first-order chi connectivity index (χ1) is 16.1. The number of hydrogen-bond acceptors (Lipinski definition) is 4. The van der Waals surface area contributed by atoms with Crippen LogP contribution in [0.3, 0.4) is 0 Å². The molecule has 8 heteroatoms. The average Bonchev–Trinajstić information content (AvgIpc) is 3.02. The lowest BCUT2D eigenvalue weighted by molar-refractivity contribution is -0.148. The van der Waals surface area contributed by atoms with Crippen LogP contribution in [0, 0.1) is 5.92 Å². The van der Waals surface area contributed by atoms with Crippen LogP contribution in [0.1, 0.15) is 63.9 Å². The minimum absolute atomic E-state index is 0.0536. The minimum atomic E-state index is -3.40. The van der Waals surface area contributed by atoms with Crippen LogP contribution in [0.5, 0.6) is 5.75 Å². The van der Waals surface area contributed by atoms with Crippen LogP contribution in [-0.4, -0.2) is 58.7 Å². The Morgan fingerprint density at radius 3 is 2.71 bits per heavy atom. The van der Waals surface area contributed by atoms with Gasteiger partial charge in [-0.1, -0.05) is 44.1 Å². The number of hydrogen-bond donors (Lipinski definition) is 2. The summed E-state index contributed by atoms with van der Waals surface area (Å²) in [5.41, 5.74) is 1.15. The van der Waals surface area contributed by atoms with Gasteiger partial charge in [0.15, 0.2) is 0 Å². The third kappa shape index (κ3) is 8.70. The number of methoxy groups -OCH3 is 1. The molecule has 0 radical (unpaired) electrons. The number of amides is 1. The first kappa shape index (κ1) is 27.8. The van der Waals surface area contributed by atoms with Gasteiger partial charge >= 0.3 is 11.9 Å². The van der Waals surface area contributed by atoms with E-state index in [1.165, 1.54) is 17.1 Å². The van der Waals surface area contributed by atoms with Crippen molar-refractivity contribution in [1.82, 2.24) is 4.90 Å². The van der Waals surface area contributed by atoms with E-state index in [0.29, 0.717) is 25.7 Å². The Morgan fingerprint density at radius 1 is 1.26 bits per heavy atom. The number of ether oxygens (including phenoxy) is 1. The summed E-state index contributed by atoms with van der Waals surface area (Å²) in [5.74, 6) is -4.67. The van der Waals surface area contributed by atoms with Crippen LogP contribution in [0.4, 0.5) is 8.78 Å². The Morgan fingerprint density at radius 2 is 2.00 bits per heavy atom. The molecule has 6 nitrogen and oxygen atoms in total. The second-order valence-corrected chi connectivity index (χ2v) is 9.13. The van der Waals surface area contributed by atoms with Crippen molar-refractivity contribution in [3.05, 3.63) is 42.0 Å². The van der Waals surface area contributed by atoms with Gasteiger partial charge in [0.1, 0.15) is 5.75 Å². The number of aliphatic carboxylic acids is 1. The summed E-state index contributed by atoms with van der Waals surface area (Å²) in [6, 6.07) is 7.09. The predicted octanol–water partition coefficient (Wildman–Crippen LogP) is 4.84. The number of carbonyl (C=O) groups excluding carboxylic acids is 1. The van der Waals surface area contributed by atoms with Crippen molar-refractivity contribution in [2.75, 3.05) is 13.7 Å². The molecule has 1 aromatic carbocycles. The largest absolute Gasteiger partial charge is 0.497 e. The second kappa shape index (κ2) is 13.4. The molecule has 0 bridgehead atoms. The number of carbonyl (C=O) groups is 2. The van der Waals surface area contributed by atoms with Gasteiger partial charge in [0.25, 0.3) is 5.91 Å². The molecule has 1 aromatic rings. The third-order valence-electron chi connectivity index (χ3n) is 6.35. The molecule has 2 rings (SSSR count). The number of aliphatic hydroxyl groups is 1. The van der Waals surface area contributed by atoms with Crippen molar-refractivity contribution < 1.29 is 33.3 Å². The van der Waals surface area contributed by atoms with Gasteiger partial charge in [-0.15, -0.1) is 0 Å². The highest BCUT2D eigenvalue weighted by Gasteiger charge is 2.52. The molecule has 190 valence electrons. The van der Waals surface area contributed by atoms with Crippen molar-refractivity contribution in [2.45, 2.75) is 82.8 Å². The Hall–Kier alpha value is -2.48. The van der Waals surface area contributed by atoms with Crippen molar-refractivity contribution in [3.8, 4) is 5.75 Å². The first-order valence-electron chi connectivity index (χ1n) is 12.0. The number of alkyl halides is 2. The summed E-state index contributed by atoms with van der Waals surface area (Å²) in [4.78, 5) is 23.9. The van der Waals surface area contributed by atoms with Gasteiger partial charge in [0.05, 0.1) is 19.3 Å². The van der Waals surface area contributed by atoms with Gasteiger partial charge in [-0.3, -0.25) is 9.59 Å². The van der Waals surface area contributed by atoms with E-state index in [2.05, 4.69) is 0 Å². The summed E-state index contributed by atoms with van der Waals surface area (Å²) < 4.78 is 33.4. The highest BCUT2D eigenvalue weighted by molar-refractivity contribution is 5.86. The fourth-order valence-electron chi connectivity index (χ4n) is 4.23. The number of likely N-dealkylation sites (tertiary alicyclic amines) is 1. The van der Waals surface area contributed by atoms with Gasteiger partial charge in [-0.05, 0) is 55.7 Å². The maximum Gasteiger partial charge on any atom is 0.327 e. The van der Waals surface area contributed by atoms with E-state index in [0.717, 1.165) is 30.6 Å². The molecule has 1 fully saturated rings. The van der Waals surface area contributed by atoms with E-state index in [-0.39, 0.29) is 18.9 Å². The first-order valence-corrected chi connectivity index (χ1v) is 12.0. The molecule has 34 heavy (non-hydrogen) atoms. The standard InChI is InChI=1S/C26H37F2NO5/c1-19(9-7-10-20-11-8-12-22(17-20)34-2)23(30)15-14-21-18-26(27,28)25(33)29(21)16-6-4-3-5-13-24(31)32/h8,11-12,14-15,17,19,21,23,30H,3-7,9-10,13,16,18H2,1-2H3,(H,31,32)/t19-,21?,23+/m0/s1.